The van der Waals surface area contributed by atoms with Crippen LogP contribution in [0, 0.1) is 11.3 Å². The zero-order valence-corrected chi connectivity index (χ0v) is 17.4. The van der Waals surface area contributed by atoms with E-state index < -0.39 is 8.53 Å². The predicted molar refractivity (Wildman–Crippen MR) is 101 cm³/mol. The topological polar surface area (TPSA) is 71.8 Å². The maximum absolute atomic E-state index is 11.6. The van der Waals surface area contributed by atoms with Crippen LogP contribution in [0.2, 0.25) is 0 Å². The molecule has 0 aliphatic rings. The lowest BCUT2D eigenvalue weighted by atomic mass is 10.2. The number of esters is 1. The standard InChI is InChI=1S/C18H35N2O4P/c1-6-7-13-22-18(21)11-8-9-14-23-25(24-15-10-12-19)20(16(2)3)17(4)5/h16-17H,6-11,13-15H2,1-5H3. The second-order valence-electron chi connectivity index (χ2n) is 6.41. The van der Waals surface area contributed by atoms with Crippen LogP contribution in [0.25, 0.3) is 0 Å². The Morgan fingerprint density at radius 1 is 1.04 bits per heavy atom. The van der Waals surface area contributed by atoms with E-state index in [0.717, 1.165) is 25.7 Å². The van der Waals surface area contributed by atoms with Crippen LogP contribution in [0.3, 0.4) is 0 Å². The predicted octanol–water partition coefficient (Wildman–Crippen LogP) is 4.79. The second kappa shape index (κ2) is 15.5. The van der Waals surface area contributed by atoms with Gasteiger partial charge in [0.05, 0.1) is 32.3 Å². The SMILES string of the molecule is CCCCOC(=O)CCCCOP(OCCC#N)N(C(C)C)C(C)C. The summed E-state index contributed by atoms with van der Waals surface area (Å²) in [6.45, 7) is 11.9. The van der Waals surface area contributed by atoms with Crippen LogP contribution in [0.15, 0.2) is 0 Å². The molecule has 0 fully saturated rings. The molecule has 7 heteroatoms. The van der Waals surface area contributed by atoms with Crippen LogP contribution in [-0.4, -0.2) is 42.5 Å². The Hall–Kier alpha value is -0.730. The van der Waals surface area contributed by atoms with Crippen molar-refractivity contribution in [3.05, 3.63) is 0 Å². The first-order valence-electron chi connectivity index (χ1n) is 9.30. The van der Waals surface area contributed by atoms with Crippen molar-refractivity contribution in [3.8, 4) is 6.07 Å². The molecule has 0 N–H and O–H groups in total. The van der Waals surface area contributed by atoms with E-state index in [-0.39, 0.29) is 5.97 Å². The summed E-state index contributed by atoms with van der Waals surface area (Å²) < 4.78 is 19.1. The fourth-order valence-electron chi connectivity index (χ4n) is 2.23. The van der Waals surface area contributed by atoms with Gasteiger partial charge >= 0.3 is 5.97 Å². The lowest BCUT2D eigenvalue weighted by Crippen LogP contribution is -2.33. The molecular weight excluding hydrogens is 339 g/mol. The van der Waals surface area contributed by atoms with Gasteiger partial charge in [0.2, 0.25) is 0 Å². The van der Waals surface area contributed by atoms with Crippen LogP contribution in [0.5, 0.6) is 0 Å². The molecule has 0 amide bonds. The molecule has 0 aromatic heterocycles. The molecule has 25 heavy (non-hydrogen) atoms. The van der Waals surface area contributed by atoms with Gasteiger partial charge in [0.15, 0.2) is 0 Å². The third-order valence-electron chi connectivity index (χ3n) is 3.40. The number of nitrogens with zero attached hydrogens (tertiary/aromatic N) is 2. The monoisotopic (exact) mass is 374 g/mol. The average molecular weight is 374 g/mol. The zero-order chi connectivity index (χ0) is 19.1. The van der Waals surface area contributed by atoms with E-state index in [0.29, 0.717) is 44.7 Å². The third kappa shape index (κ3) is 12.3. The number of carbonyl (C=O) groups is 1. The molecule has 1 unspecified atom stereocenters. The van der Waals surface area contributed by atoms with Crippen LogP contribution < -0.4 is 0 Å². The summed E-state index contributed by atoms with van der Waals surface area (Å²) >= 11 is 0. The van der Waals surface area contributed by atoms with Gasteiger partial charge in [-0.05, 0) is 47.0 Å². The number of hydrogen-bond acceptors (Lipinski definition) is 6. The summed E-state index contributed by atoms with van der Waals surface area (Å²) in [6.07, 6.45) is 4.26. The van der Waals surface area contributed by atoms with Crippen LogP contribution in [-0.2, 0) is 18.6 Å². The minimum Gasteiger partial charge on any atom is -0.466 e. The van der Waals surface area contributed by atoms with E-state index in [1.165, 1.54) is 0 Å². The fraction of sp³-hybridized carbons (Fsp3) is 0.889. The van der Waals surface area contributed by atoms with E-state index in [4.69, 9.17) is 19.0 Å². The molecule has 0 aliphatic heterocycles. The number of nitriles is 1. The van der Waals surface area contributed by atoms with Crippen molar-refractivity contribution >= 4 is 14.5 Å². The molecule has 0 radical (unpaired) electrons. The molecular formula is C18H35N2O4P. The van der Waals surface area contributed by atoms with E-state index in [2.05, 4.69) is 45.4 Å². The molecule has 0 aromatic rings. The normalized spacial score (nSPS) is 12.6. The molecule has 146 valence electrons. The number of carbonyl (C=O) groups excluding carboxylic acids is 1. The number of ether oxygens (including phenoxy) is 1. The van der Waals surface area contributed by atoms with Crippen molar-refractivity contribution in [1.82, 2.24) is 4.67 Å². The Bertz CT molecular complexity index is 378. The van der Waals surface area contributed by atoms with E-state index in [9.17, 15) is 4.79 Å². The maximum atomic E-state index is 11.6. The van der Waals surface area contributed by atoms with E-state index >= 15 is 0 Å². The average Bonchev–Trinajstić information content (AvgIpc) is 2.54. The highest BCUT2D eigenvalue weighted by atomic mass is 31.2. The van der Waals surface area contributed by atoms with Gasteiger partial charge in [-0.1, -0.05) is 13.3 Å². The van der Waals surface area contributed by atoms with Gasteiger partial charge in [0, 0.05) is 18.5 Å². The highest BCUT2D eigenvalue weighted by Gasteiger charge is 2.26. The maximum Gasteiger partial charge on any atom is 0.305 e. The first-order valence-corrected chi connectivity index (χ1v) is 10.4. The van der Waals surface area contributed by atoms with Gasteiger partial charge in [-0.25, -0.2) is 4.67 Å². The summed E-state index contributed by atoms with van der Waals surface area (Å²) in [5.74, 6) is -0.132. The summed E-state index contributed by atoms with van der Waals surface area (Å²) in [6, 6.07) is 2.68. The summed E-state index contributed by atoms with van der Waals surface area (Å²) in [5, 5.41) is 8.69. The summed E-state index contributed by atoms with van der Waals surface area (Å²) in [5.41, 5.74) is 0. The molecule has 0 saturated carbocycles. The number of hydrogen-bond donors (Lipinski definition) is 0. The Balaban J connectivity index is 4.21. The van der Waals surface area contributed by atoms with Crippen molar-refractivity contribution < 1.29 is 18.6 Å². The Morgan fingerprint density at radius 3 is 2.24 bits per heavy atom. The molecule has 0 aliphatic carbocycles. The Morgan fingerprint density at radius 2 is 1.68 bits per heavy atom. The summed E-state index contributed by atoms with van der Waals surface area (Å²) in [7, 11) is -1.19. The minimum atomic E-state index is -1.19. The largest absolute Gasteiger partial charge is 0.466 e. The van der Waals surface area contributed by atoms with Gasteiger partial charge in [-0.3, -0.25) is 4.79 Å². The number of unbranched alkanes of at least 4 members (excludes halogenated alkanes) is 2. The first kappa shape index (κ1) is 24.3. The molecule has 0 aromatic carbocycles. The fourth-order valence-corrected chi connectivity index (χ4v) is 3.86. The van der Waals surface area contributed by atoms with Gasteiger partial charge in [-0.15, -0.1) is 0 Å². The van der Waals surface area contributed by atoms with Gasteiger partial charge in [0.25, 0.3) is 8.53 Å². The lowest BCUT2D eigenvalue weighted by Gasteiger charge is -2.35. The molecule has 0 spiro atoms. The smallest absolute Gasteiger partial charge is 0.305 e. The van der Waals surface area contributed by atoms with Crippen LogP contribution >= 0.6 is 8.53 Å². The Labute approximate surface area is 154 Å². The van der Waals surface area contributed by atoms with Gasteiger partial charge in [0.1, 0.15) is 0 Å². The number of rotatable bonds is 15. The highest BCUT2D eigenvalue weighted by Crippen LogP contribution is 2.46. The van der Waals surface area contributed by atoms with Gasteiger partial charge in [-0.2, -0.15) is 5.26 Å². The Kier molecular flexibility index (Phi) is 15.1. The van der Waals surface area contributed by atoms with E-state index in [1.807, 2.05) is 0 Å². The third-order valence-corrected chi connectivity index (χ3v) is 5.51. The molecule has 1 atom stereocenters. The molecule has 0 rings (SSSR count). The van der Waals surface area contributed by atoms with Crippen molar-refractivity contribution in [2.75, 3.05) is 19.8 Å². The molecule has 0 saturated heterocycles. The second-order valence-corrected chi connectivity index (χ2v) is 7.86. The highest BCUT2D eigenvalue weighted by molar-refractivity contribution is 7.44. The summed E-state index contributed by atoms with van der Waals surface area (Å²) in [4.78, 5) is 11.6. The quantitative estimate of drug-likeness (QED) is 0.233. The zero-order valence-electron chi connectivity index (χ0n) is 16.5. The van der Waals surface area contributed by atoms with Crippen molar-refractivity contribution in [2.45, 2.75) is 85.2 Å². The molecule has 0 heterocycles. The minimum absolute atomic E-state index is 0.132. The van der Waals surface area contributed by atoms with Gasteiger partial charge < -0.3 is 13.8 Å². The van der Waals surface area contributed by atoms with E-state index in [1.54, 1.807) is 0 Å². The van der Waals surface area contributed by atoms with Crippen molar-refractivity contribution in [2.24, 2.45) is 0 Å². The first-order chi connectivity index (χ1) is 11.9. The lowest BCUT2D eigenvalue weighted by molar-refractivity contribution is -0.143. The van der Waals surface area contributed by atoms with Crippen LogP contribution in [0.1, 0.15) is 73.1 Å². The van der Waals surface area contributed by atoms with Crippen LogP contribution in [0.4, 0.5) is 0 Å². The molecule has 6 nitrogen and oxygen atoms in total. The molecule has 0 bridgehead atoms. The van der Waals surface area contributed by atoms with Crippen molar-refractivity contribution in [3.63, 3.8) is 0 Å². The van der Waals surface area contributed by atoms with Crippen molar-refractivity contribution in [1.29, 1.82) is 5.26 Å².